The van der Waals surface area contributed by atoms with E-state index >= 15 is 0 Å². The highest BCUT2D eigenvalue weighted by Gasteiger charge is 2.43. The molecule has 1 unspecified atom stereocenters. The molecule has 0 radical (unpaired) electrons. The van der Waals surface area contributed by atoms with Crippen LogP contribution in [-0.2, 0) is 14.8 Å². The number of alkyl halides is 3. The number of halogens is 3. The van der Waals surface area contributed by atoms with Crippen LogP contribution in [0.5, 0.6) is 0 Å². The van der Waals surface area contributed by atoms with Crippen molar-refractivity contribution in [2.75, 3.05) is 5.01 Å². The van der Waals surface area contributed by atoms with Crippen LogP contribution in [0.1, 0.15) is 50.1 Å². The molecule has 0 saturated heterocycles. The van der Waals surface area contributed by atoms with Gasteiger partial charge in [0.1, 0.15) is 5.71 Å². The third-order valence-corrected chi connectivity index (χ3v) is 7.41. The lowest BCUT2D eigenvalue weighted by atomic mass is 9.89. The van der Waals surface area contributed by atoms with Gasteiger partial charge in [-0.3, -0.25) is 9.80 Å². The number of carbonyl (C=O) groups is 1. The molecule has 1 aliphatic carbocycles. The van der Waals surface area contributed by atoms with Crippen LogP contribution < -0.4 is 9.73 Å². The lowest BCUT2D eigenvalue weighted by molar-refractivity contribution is -0.124. The number of benzene rings is 2. The van der Waals surface area contributed by atoms with E-state index < -0.39 is 33.9 Å². The molecule has 2 aromatic rings. The van der Waals surface area contributed by atoms with Crippen molar-refractivity contribution in [3.05, 3.63) is 60.2 Å². The Kier molecular flexibility index (Phi) is 6.47. The van der Waals surface area contributed by atoms with Gasteiger partial charge in [-0.25, -0.2) is 13.1 Å². The van der Waals surface area contributed by atoms with Crippen molar-refractivity contribution >= 4 is 27.3 Å². The van der Waals surface area contributed by atoms with Crippen LogP contribution in [0.25, 0.3) is 0 Å². The molecule has 0 aromatic heterocycles. The molecule has 4 rings (SSSR count). The normalized spacial score (nSPS) is 19.9. The first-order chi connectivity index (χ1) is 15.6. The van der Waals surface area contributed by atoms with E-state index in [0.29, 0.717) is 24.1 Å². The van der Waals surface area contributed by atoms with Crippen molar-refractivity contribution < 1.29 is 26.4 Å². The van der Waals surface area contributed by atoms with Gasteiger partial charge in [0.25, 0.3) is 10.0 Å². The molecule has 1 atom stereocenters. The van der Waals surface area contributed by atoms with Gasteiger partial charge in [-0.05, 0) is 42.7 Å². The molecule has 1 heterocycles. The van der Waals surface area contributed by atoms with E-state index in [1.807, 2.05) is 0 Å². The summed E-state index contributed by atoms with van der Waals surface area (Å²) in [6, 6.07) is 13.4. The number of hydrogen-bond donors (Lipinski definition) is 1. The van der Waals surface area contributed by atoms with Crippen molar-refractivity contribution in [1.29, 1.82) is 0 Å². The Morgan fingerprint density at radius 2 is 1.61 bits per heavy atom. The number of hydrazone groups is 1. The fourth-order valence-electron chi connectivity index (χ4n) is 4.27. The van der Waals surface area contributed by atoms with Crippen LogP contribution in [0.15, 0.2) is 64.6 Å². The summed E-state index contributed by atoms with van der Waals surface area (Å²) in [5, 5.41) is 5.05. The summed E-state index contributed by atoms with van der Waals surface area (Å²) in [4.78, 5) is 12.2. The monoisotopic (exact) mass is 479 g/mol. The molecule has 1 saturated carbocycles. The van der Waals surface area contributed by atoms with Gasteiger partial charge >= 0.3 is 6.18 Å². The number of rotatable bonds is 5. The van der Waals surface area contributed by atoms with Crippen LogP contribution in [-0.4, -0.2) is 26.2 Å². The topological polar surface area (TPSA) is 78.8 Å². The van der Waals surface area contributed by atoms with E-state index in [-0.39, 0.29) is 17.2 Å². The van der Waals surface area contributed by atoms with Gasteiger partial charge in [0.2, 0.25) is 5.91 Å². The van der Waals surface area contributed by atoms with E-state index in [1.54, 1.807) is 30.3 Å². The Morgan fingerprint density at radius 3 is 2.21 bits per heavy atom. The predicted octanol–water partition coefficient (Wildman–Crippen LogP) is 4.94. The van der Waals surface area contributed by atoms with Crippen LogP contribution in [0, 0.1) is 5.92 Å². The Hall–Kier alpha value is -2.88. The molecular weight excluding hydrogens is 455 g/mol. The van der Waals surface area contributed by atoms with Crippen molar-refractivity contribution in [1.82, 2.24) is 4.72 Å². The summed E-state index contributed by atoms with van der Waals surface area (Å²) < 4.78 is 67.5. The zero-order valence-electron chi connectivity index (χ0n) is 17.8. The number of nitrogens with one attached hydrogen (secondary N) is 1. The van der Waals surface area contributed by atoms with Gasteiger partial charge in [-0.1, -0.05) is 49.6 Å². The van der Waals surface area contributed by atoms with Gasteiger partial charge < -0.3 is 0 Å². The molecular formula is C23H24F3N3O3S. The maximum absolute atomic E-state index is 13.4. The molecule has 1 amide bonds. The molecule has 0 spiro atoms. The number of hydrogen-bond acceptors (Lipinski definition) is 5. The quantitative estimate of drug-likeness (QED) is 0.659. The average molecular weight is 480 g/mol. The highest BCUT2D eigenvalue weighted by molar-refractivity contribution is 7.90. The summed E-state index contributed by atoms with van der Waals surface area (Å²) in [7, 11) is -4.08. The molecule has 0 bridgehead atoms. The standard InChI is InChI=1S/C23H24F3N3O3S/c24-23(25,26)21-15-20(16-7-3-1-4-8-16)29(27-21)18-11-13-19(14-12-18)33(31,32)28-22(30)17-9-5-2-6-10-17/h1,3-4,7-8,11-14,17,20H,2,5-6,9-10,15H2,(H,28,30). The second kappa shape index (κ2) is 9.17. The van der Waals surface area contributed by atoms with Crippen molar-refractivity contribution in [2.24, 2.45) is 11.0 Å². The van der Waals surface area contributed by atoms with Crippen molar-refractivity contribution in [3.63, 3.8) is 0 Å². The molecule has 1 aliphatic heterocycles. The summed E-state index contributed by atoms with van der Waals surface area (Å²) >= 11 is 0. The first kappa shape index (κ1) is 23.3. The Morgan fingerprint density at radius 1 is 0.970 bits per heavy atom. The molecule has 1 fully saturated rings. The maximum Gasteiger partial charge on any atom is 0.431 e. The Balaban J connectivity index is 1.56. The average Bonchev–Trinajstić information content (AvgIpc) is 3.26. The van der Waals surface area contributed by atoms with Gasteiger partial charge in [0.15, 0.2) is 0 Å². The maximum atomic E-state index is 13.4. The summed E-state index contributed by atoms with van der Waals surface area (Å²) in [6.07, 6.45) is -0.723. The second-order valence-electron chi connectivity index (χ2n) is 8.32. The minimum atomic E-state index is -4.56. The zero-order chi connectivity index (χ0) is 23.6. The first-order valence-corrected chi connectivity index (χ1v) is 12.3. The second-order valence-corrected chi connectivity index (χ2v) is 10.0. The highest BCUT2D eigenvalue weighted by atomic mass is 32.2. The van der Waals surface area contributed by atoms with E-state index in [0.717, 1.165) is 19.3 Å². The van der Waals surface area contributed by atoms with Gasteiger partial charge in [-0.2, -0.15) is 18.3 Å². The number of sulfonamides is 1. The lowest BCUT2D eigenvalue weighted by Gasteiger charge is -2.24. The molecule has 2 aliphatic rings. The number of anilines is 1. The largest absolute Gasteiger partial charge is 0.431 e. The van der Waals surface area contributed by atoms with E-state index in [1.165, 1.54) is 29.3 Å². The van der Waals surface area contributed by atoms with Gasteiger partial charge in [-0.15, -0.1) is 0 Å². The van der Waals surface area contributed by atoms with Crippen molar-refractivity contribution in [3.8, 4) is 0 Å². The van der Waals surface area contributed by atoms with Crippen molar-refractivity contribution in [2.45, 2.75) is 55.6 Å². The smallest absolute Gasteiger partial charge is 0.274 e. The van der Waals surface area contributed by atoms with Gasteiger partial charge in [0, 0.05) is 12.3 Å². The van der Waals surface area contributed by atoms with E-state index in [2.05, 4.69) is 9.82 Å². The number of carbonyl (C=O) groups excluding carboxylic acids is 1. The summed E-state index contributed by atoms with van der Waals surface area (Å²) in [5.74, 6) is -0.832. The van der Waals surface area contributed by atoms with E-state index in [9.17, 15) is 26.4 Å². The molecule has 33 heavy (non-hydrogen) atoms. The Bertz CT molecular complexity index is 1130. The molecule has 2 aromatic carbocycles. The lowest BCUT2D eigenvalue weighted by Crippen LogP contribution is -2.36. The number of amides is 1. The molecule has 10 heteroatoms. The fraction of sp³-hybridized carbons (Fsp3) is 0.391. The fourth-order valence-corrected chi connectivity index (χ4v) is 5.32. The summed E-state index contributed by atoms with van der Waals surface area (Å²) in [6.45, 7) is 0. The zero-order valence-corrected chi connectivity index (χ0v) is 18.6. The number of nitrogens with zero attached hydrogens (tertiary/aromatic N) is 2. The first-order valence-electron chi connectivity index (χ1n) is 10.8. The third-order valence-electron chi connectivity index (χ3n) is 6.04. The molecule has 176 valence electrons. The molecule has 6 nitrogen and oxygen atoms in total. The third kappa shape index (κ3) is 5.21. The van der Waals surface area contributed by atoms with E-state index in [4.69, 9.17) is 0 Å². The minimum Gasteiger partial charge on any atom is -0.274 e. The van der Waals surface area contributed by atoms with Crippen LogP contribution in [0.4, 0.5) is 18.9 Å². The summed E-state index contributed by atoms with van der Waals surface area (Å²) in [5.41, 5.74) is 0.0883. The van der Waals surface area contributed by atoms with Gasteiger partial charge in [0.05, 0.1) is 16.6 Å². The van der Waals surface area contributed by atoms with Crippen LogP contribution >= 0.6 is 0 Å². The minimum absolute atomic E-state index is 0.133. The predicted molar refractivity (Wildman–Crippen MR) is 118 cm³/mol. The molecule has 1 N–H and O–H groups in total. The van der Waals surface area contributed by atoms with Crippen LogP contribution in [0.3, 0.4) is 0 Å². The Labute approximate surface area is 190 Å². The highest BCUT2D eigenvalue weighted by Crippen LogP contribution is 2.39. The SMILES string of the molecule is O=C(NS(=O)(=O)c1ccc(N2N=C(C(F)(F)F)CC2c2ccccc2)cc1)C1CCCCC1. The van der Waals surface area contributed by atoms with Crippen LogP contribution in [0.2, 0.25) is 0 Å².